The average molecular weight is 418 g/mol. The molecule has 0 saturated heterocycles. The number of aryl methyl sites for hydroxylation is 1. The summed E-state index contributed by atoms with van der Waals surface area (Å²) >= 11 is 12.0. The van der Waals surface area contributed by atoms with Crippen molar-refractivity contribution in [1.82, 2.24) is 5.32 Å². The molecule has 1 atom stereocenters. The van der Waals surface area contributed by atoms with Crippen molar-refractivity contribution in [3.05, 3.63) is 69.3 Å². The van der Waals surface area contributed by atoms with Gasteiger partial charge in [-0.15, -0.1) is 0 Å². The van der Waals surface area contributed by atoms with Crippen molar-refractivity contribution < 1.29 is 9.53 Å². The first-order valence-corrected chi connectivity index (χ1v) is 9.47. The number of amides is 1. The molecule has 2 rings (SSSR count). The molecule has 28 heavy (non-hydrogen) atoms. The van der Waals surface area contributed by atoms with Crippen LogP contribution in [0.4, 0.5) is 5.69 Å². The zero-order chi connectivity index (χ0) is 20.7. The van der Waals surface area contributed by atoms with Crippen LogP contribution in [-0.2, 0) is 4.79 Å². The highest BCUT2D eigenvalue weighted by molar-refractivity contribution is 6.35. The molecule has 0 spiro atoms. The molecule has 7 heteroatoms. The Balaban J connectivity index is 2.16. The van der Waals surface area contributed by atoms with Gasteiger partial charge >= 0.3 is 0 Å². The first-order valence-electron chi connectivity index (χ1n) is 8.71. The number of nitrogens with one attached hydrogen (secondary N) is 2. The molecule has 0 aliphatic carbocycles. The predicted molar refractivity (Wildman–Crippen MR) is 113 cm³/mol. The van der Waals surface area contributed by atoms with Crippen LogP contribution in [-0.4, -0.2) is 12.5 Å². The molecule has 0 aliphatic heterocycles. The number of nitrogens with zero attached hydrogens (tertiary/aromatic N) is 1. The van der Waals surface area contributed by atoms with Gasteiger partial charge in [-0.25, -0.2) is 0 Å². The molecule has 0 saturated carbocycles. The van der Waals surface area contributed by atoms with Gasteiger partial charge in [0.05, 0.1) is 23.4 Å². The van der Waals surface area contributed by atoms with Gasteiger partial charge in [-0.1, -0.05) is 40.9 Å². The second-order valence-corrected chi connectivity index (χ2v) is 6.95. The Morgan fingerprint density at radius 3 is 2.71 bits per heavy atom. The molecule has 0 heterocycles. The number of rotatable bonds is 7. The number of nitriles is 1. The van der Waals surface area contributed by atoms with Gasteiger partial charge < -0.3 is 15.4 Å². The van der Waals surface area contributed by atoms with Gasteiger partial charge in [-0.05, 0) is 45.0 Å². The maximum absolute atomic E-state index is 12.4. The third kappa shape index (κ3) is 5.66. The maximum atomic E-state index is 12.4. The number of halogens is 2. The minimum absolute atomic E-state index is 0.0893. The Morgan fingerprint density at radius 2 is 2.04 bits per heavy atom. The lowest BCUT2D eigenvalue weighted by Gasteiger charge is -2.18. The molecular weight excluding hydrogens is 397 g/mol. The van der Waals surface area contributed by atoms with Crippen LogP contribution >= 0.6 is 23.2 Å². The summed E-state index contributed by atoms with van der Waals surface area (Å²) in [6, 6.07) is 12.3. The molecule has 0 bridgehead atoms. The van der Waals surface area contributed by atoms with Crippen molar-refractivity contribution in [2.75, 3.05) is 11.9 Å². The van der Waals surface area contributed by atoms with E-state index in [1.807, 2.05) is 45.0 Å². The number of hydrogen-bond acceptors (Lipinski definition) is 4. The molecule has 1 amide bonds. The number of carbonyl (C=O) groups is 1. The molecule has 0 radical (unpaired) electrons. The van der Waals surface area contributed by atoms with Crippen LogP contribution in [0.1, 0.15) is 31.0 Å². The summed E-state index contributed by atoms with van der Waals surface area (Å²) in [6.07, 6.45) is 1.39. The lowest BCUT2D eigenvalue weighted by molar-refractivity contribution is -0.112. The molecule has 2 aromatic rings. The summed E-state index contributed by atoms with van der Waals surface area (Å²) in [6.45, 7) is 6.38. The monoisotopic (exact) mass is 417 g/mol. The Bertz CT molecular complexity index is 936. The Kier molecular flexibility index (Phi) is 7.74. The fourth-order valence-electron chi connectivity index (χ4n) is 2.52. The van der Waals surface area contributed by atoms with E-state index >= 15 is 0 Å². The molecule has 146 valence electrons. The number of hydrogen-bond donors (Lipinski definition) is 2. The smallest absolute Gasteiger partial charge is 0.267 e. The van der Waals surface area contributed by atoms with Crippen LogP contribution in [0.2, 0.25) is 10.0 Å². The Hall–Kier alpha value is -2.68. The summed E-state index contributed by atoms with van der Waals surface area (Å²) in [5.41, 5.74) is 2.28. The quantitative estimate of drug-likeness (QED) is 0.467. The standard InChI is InChI=1S/C21H21Cl2N3O2/c1-4-28-20-8-5-13(2)9-17(20)14(3)25-12-15(11-24)21(27)26-19-10-16(22)6-7-18(19)23/h5-10,12,14,25H,4H2,1-3H3,(H,26,27)/b15-12-. The summed E-state index contributed by atoms with van der Waals surface area (Å²) in [5, 5.41) is 15.8. The van der Waals surface area contributed by atoms with E-state index < -0.39 is 5.91 Å². The van der Waals surface area contributed by atoms with Crippen LogP contribution in [0.3, 0.4) is 0 Å². The highest BCUT2D eigenvalue weighted by Crippen LogP contribution is 2.27. The molecule has 0 aromatic heterocycles. The van der Waals surface area contributed by atoms with Crippen molar-refractivity contribution in [2.45, 2.75) is 26.8 Å². The van der Waals surface area contributed by atoms with Crippen molar-refractivity contribution in [3.63, 3.8) is 0 Å². The average Bonchev–Trinajstić information content (AvgIpc) is 2.66. The van der Waals surface area contributed by atoms with Crippen LogP contribution in [0, 0.1) is 18.3 Å². The van der Waals surface area contributed by atoms with Gasteiger partial charge in [0.2, 0.25) is 0 Å². The summed E-state index contributed by atoms with van der Waals surface area (Å²) in [5.74, 6) is 0.177. The van der Waals surface area contributed by atoms with E-state index in [2.05, 4.69) is 10.6 Å². The zero-order valence-electron chi connectivity index (χ0n) is 15.8. The third-order valence-corrected chi connectivity index (χ3v) is 4.52. The fourth-order valence-corrected chi connectivity index (χ4v) is 2.86. The number of carbonyl (C=O) groups excluding carboxylic acids is 1. The first kappa shape index (κ1) is 21.6. The molecule has 2 aromatic carbocycles. The van der Waals surface area contributed by atoms with Crippen LogP contribution in [0.25, 0.3) is 0 Å². The Morgan fingerprint density at radius 1 is 1.29 bits per heavy atom. The van der Waals surface area contributed by atoms with Gasteiger partial charge in [-0.3, -0.25) is 4.79 Å². The number of ether oxygens (including phenoxy) is 1. The van der Waals surface area contributed by atoms with Crippen molar-refractivity contribution >= 4 is 34.8 Å². The van der Waals surface area contributed by atoms with Crippen LogP contribution < -0.4 is 15.4 Å². The molecule has 1 unspecified atom stereocenters. The number of benzene rings is 2. The normalized spacial score (nSPS) is 12.1. The highest BCUT2D eigenvalue weighted by atomic mass is 35.5. The summed E-state index contributed by atoms with van der Waals surface area (Å²) in [7, 11) is 0. The van der Waals surface area contributed by atoms with Crippen molar-refractivity contribution in [1.29, 1.82) is 5.26 Å². The van der Waals surface area contributed by atoms with E-state index in [0.29, 0.717) is 22.3 Å². The fraction of sp³-hybridized carbons (Fsp3) is 0.238. The minimum atomic E-state index is -0.583. The summed E-state index contributed by atoms with van der Waals surface area (Å²) in [4.78, 5) is 12.4. The van der Waals surface area contributed by atoms with E-state index in [0.717, 1.165) is 16.9 Å². The lowest BCUT2D eigenvalue weighted by Crippen LogP contribution is -2.19. The van der Waals surface area contributed by atoms with E-state index in [4.69, 9.17) is 27.9 Å². The van der Waals surface area contributed by atoms with Gasteiger partial charge in [0, 0.05) is 16.8 Å². The third-order valence-electron chi connectivity index (χ3n) is 3.95. The lowest BCUT2D eigenvalue weighted by atomic mass is 10.0. The SMILES string of the molecule is CCOc1ccc(C)cc1C(C)N/C=C(/C#N)C(=O)Nc1cc(Cl)ccc1Cl. The topological polar surface area (TPSA) is 74.1 Å². The molecule has 5 nitrogen and oxygen atoms in total. The largest absolute Gasteiger partial charge is 0.494 e. The minimum Gasteiger partial charge on any atom is -0.494 e. The van der Waals surface area contributed by atoms with E-state index in [1.54, 1.807) is 12.1 Å². The van der Waals surface area contributed by atoms with Gasteiger partial charge in [0.25, 0.3) is 5.91 Å². The Labute approximate surface area is 174 Å². The molecule has 0 aliphatic rings. The first-order chi connectivity index (χ1) is 13.3. The van der Waals surface area contributed by atoms with Crippen molar-refractivity contribution in [2.24, 2.45) is 0 Å². The predicted octanol–water partition coefficient (Wildman–Crippen LogP) is 5.40. The van der Waals surface area contributed by atoms with Gasteiger partial charge in [0.1, 0.15) is 17.4 Å². The molecular formula is C21H21Cl2N3O2. The zero-order valence-corrected chi connectivity index (χ0v) is 17.4. The van der Waals surface area contributed by atoms with E-state index in [1.165, 1.54) is 12.3 Å². The van der Waals surface area contributed by atoms with Gasteiger partial charge in [-0.2, -0.15) is 5.26 Å². The molecule has 2 N–H and O–H groups in total. The van der Waals surface area contributed by atoms with Gasteiger partial charge in [0.15, 0.2) is 0 Å². The second kappa shape index (κ2) is 10.0. The van der Waals surface area contributed by atoms with E-state index in [9.17, 15) is 10.1 Å². The molecule has 0 fully saturated rings. The highest BCUT2D eigenvalue weighted by Gasteiger charge is 2.14. The summed E-state index contributed by atoms with van der Waals surface area (Å²) < 4.78 is 5.66. The van der Waals surface area contributed by atoms with Crippen LogP contribution in [0.15, 0.2) is 48.2 Å². The van der Waals surface area contributed by atoms with E-state index in [-0.39, 0.29) is 11.6 Å². The van der Waals surface area contributed by atoms with Crippen molar-refractivity contribution in [3.8, 4) is 11.8 Å². The number of anilines is 1. The maximum Gasteiger partial charge on any atom is 0.267 e. The second-order valence-electron chi connectivity index (χ2n) is 6.11. The van der Waals surface area contributed by atoms with Crippen LogP contribution in [0.5, 0.6) is 5.75 Å².